The summed E-state index contributed by atoms with van der Waals surface area (Å²) in [6.45, 7) is 2.11. The summed E-state index contributed by atoms with van der Waals surface area (Å²) < 4.78 is 14.3. The summed E-state index contributed by atoms with van der Waals surface area (Å²) in [4.78, 5) is 0. The van der Waals surface area contributed by atoms with Gasteiger partial charge in [-0.25, -0.2) is 4.39 Å². The lowest BCUT2D eigenvalue weighted by atomic mass is 10.2. The first kappa shape index (κ1) is 10.5. The van der Waals surface area contributed by atoms with Crippen molar-refractivity contribution in [3.63, 3.8) is 0 Å². The number of nitrogens with one attached hydrogen (secondary N) is 1. The van der Waals surface area contributed by atoms with Crippen LogP contribution < -0.4 is 5.32 Å². The topological polar surface area (TPSA) is 12.0 Å². The Morgan fingerprint density at radius 3 is 2.93 bits per heavy atom. The van der Waals surface area contributed by atoms with Crippen molar-refractivity contribution in [2.75, 3.05) is 5.75 Å². The molecule has 2 unspecified atom stereocenters. The van der Waals surface area contributed by atoms with Gasteiger partial charge in [0.05, 0.1) is 5.37 Å². The third kappa shape index (κ3) is 2.12. The normalized spacial score (nSPS) is 26.8. The molecule has 0 aromatic heterocycles. The van der Waals surface area contributed by atoms with Crippen molar-refractivity contribution < 1.29 is 4.39 Å². The van der Waals surface area contributed by atoms with Crippen LogP contribution in [0, 0.1) is 5.82 Å². The zero-order chi connectivity index (χ0) is 10.1. The highest BCUT2D eigenvalue weighted by Crippen LogP contribution is 2.34. The highest BCUT2D eigenvalue weighted by Gasteiger charge is 2.24. The molecule has 1 aliphatic heterocycles. The molecule has 1 aromatic rings. The molecule has 14 heavy (non-hydrogen) atoms. The van der Waals surface area contributed by atoms with Crippen LogP contribution in [0.15, 0.2) is 22.7 Å². The first-order valence-corrected chi connectivity index (χ1v) is 6.33. The zero-order valence-electron chi connectivity index (χ0n) is 7.76. The van der Waals surface area contributed by atoms with Gasteiger partial charge in [-0.2, -0.15) is 0 Å². The van der Waals surface area contributed by atoms with Crippen LogP contribution in [0.4, 0.5) is 4.39 Å². The average molecular weight is 276 g/mol. The van der Waals surface area contributed by atoms with E-state index >= 15 is 0 Å². The first-order chi connectivity index (χ1) is 6.66. The van der Waals surface area contributed by atoms with Gasteiger partial charge in [-0.05, 0) is 19.1 Å². The Morgan fingerprint density at radius 1 is 1.57 bits per heavy atom. The molecule has 1 aliphatic rings. The number of rotatable bonds is 1. The van der Waals surface area contributed by atoms with E-state index in [1.807, 2.05) is 12.1 Å². The molecule has 1 aromatic carbocycles. The van der Waals surface area contributed by atoms with Crippen molar-refractivity contribution in [3.05, 3.63) is 34.1 Å². The monoisotopic (exact) mass is 275 g/mol. The second-order valence-corrected chi connectivity index (χ2v) is 5.50. The van der Waals surface area contributed by atoms with Crippen LogP contribution in [-0.4, -0.2) is 11.8 Å². The van der Waals surface area contributed by atoms with E-state index in [1.54, 1.807) is 11.8 Å². The zero-order valence-corrected chi connectivity index (χ0v) is 10.2. The van der Waals surface area contributed by atoms with Crippen LogP contribution in [0.25, 0.3) is 0 Å². The third-order valence-electron chi connectivity index (χ3n) is 2.19. The minimum atomic E-state index is -0.140. The van der Waals surface area contributed by atoms with Crippen LogP contribution >= 0.6 is 27.7 Å². The van der Waals surface area contributed by atoms with Gasteiger partial charge in [-0.1, -0.05) is 22.0 Å². The Hall–Kier alpha value is -0.0600. The standard InChI is InChI=1S/C10H11BrFNS/c1-6-5-14-10(13-6)8-3-2-7(11)4-9(8)12/h2-4,6,10,13H,5H2,1H3. The van der Waals surface area contributed by atoms with E-state index in [4.69, 9.17) is 0 Å². The summed E-state index contributed by atoms with van der Waals surface area (Å²) in [7, 11) is 0. The van der Waals surface area contributed by atoms with Crippen molar-refractivity contribution in [3.8, 4) is 0 Å². The fourth-order valence-corrected chi connectivity index (χ4v) is 3.10. The summed E-state index contributed by atoms with van der Waals surface area (Å²) in [6.07, 6.45) is 0. The van der Waals surface area contributed by atoms with E-state index in [1.165, 1.54) is 6.07 Å². The molecular weight excluding hydrogens is 265 g/mol. The van der Waals surface area contributed by atoms with E-state index in [0.29, 0.717) is 6.04 Å². The Morgan fingerprint density at radius 2 is 2.36 bits per heavy atom. The van der Waals surface area contributed by atoms with Crippen LogP contribution in [0.3, 0.4) is 0 Å². The van der Waals surface area contributed by atoms with E-state index in [9.17, 15) is 4.39 Å². The Kier molecular flexibility index (Phi) is 3.14. The summed E-state index contributed by atoms with van der Waals surface area (Å²) in [5.74, 6) is 0.902. The molecule has 1 nitrogen and oxygen atoms in total. The average Bonchev–Trinajstić information content (AvgIpc) is 2.51. The fraction of sp³-hybridized carbons (Fsp3) is 0.400. The number of thioether (sulfide) groups is 1. The molecule has 0 aliphatic carbocycles. The molecule has 0 amide bonds. The molecule has 0 radical (unpaired) electrons. The number of benzene rings is 1. The SMILES string of the molecule is CC1CSC(c2ccc(Br)cc2F)N1. The van der Waals surface area contributed by atoms with E-state index in [-0.39, 0.29) is 11.2 Å². The summed E-state index contributed by atoms with van der Waals surface area (Å²) >= 11 is 5.01. The second kappa shape index (κ2) is 4.21. The van der Waals surface area contributed by atoms with Crippen LogP contribution in [0.2, 0.25) is 0 Å². The maximum atomic E-state index is 13.5. The summed E-state index contributed by atoms with van der Waals surface area (Å²) in [5, 5.41) is 3.45. The molecule has 0 saturated carbocycles. The van der Waals surface area contributed by atoms with Gasteiger partial charge in [0.25, 0.3) is 0 Å². The maximum Gasteiger partial charge on any atom is 0.129 e. The number of hydrogen-bond donors (Lipinski definition) is 1. The Balaban J connectivity index is 2.24. The Bertz CT molecular complexity index is 345. The molecule has 76 valence electrons. The van der Waals surface area contributed by atoms with Gasteiger partial charge in [0, 0.05) is 21.8 Å². The third-order valence-corrected chi connectivity index (χ3v) is 4.10. The van der Waals surface area contributed by atoms with Gasteiger partial charge in [-0.3, -0.25) is 5.32 Å². The maximum absolute atomic E-state index is 13.5. The molecule has 1 saturated heterocycles. The minimum absolute atomic E-state index is 0.109. The molecule has 1 fully saturated rings. The Labute approximate surface area is 95.6 Å². The van der Waals surface area contributed by atoms with Gasteiger partial charge in [-0.15, -0.1) is 11.8 Å². The van der Waals surface area contributed by atoms with E-state index < -0.39 is 0 Å². The van der Waals surface area contributed by atoms with Crippen LogP contribution in [0.5, 0.6) is 0 Å². The lowest BCUT2D eigenvalue weighted by Crippen LogP contribution is -2.22. The largest absolute Gasteiger partial charge is 0.298 e. The van der Waals surface area contributed by atoms with Gasteiger partial charge in [0.2, 0.25) is 0 Å². The molecule has 1 N–H and O–H groups in total. The second-order valence-electron chi connectivity index (χ2n) is 3.45. The smallest absolute Gasteiger partial charge is 0.129 e. The quantitative estimate of drug-likeness (QED) is 0.844. The number of hydrogen-bond acceptors (Lipinski definition) is 2. The van der Waals surface area contributed by atoms with Crippen molar-refractivity contribution in [2.45, 2.75) is 18.3 Å². The van der Waals surface area contributed by atoms with Crippen molar-refractivity contribution >= 4 is 27.7 Å². The predicted molar refractivity (Wildman–Crippen MR) is 61.9 cm³/mol. The van der Waals surface area contributed by atoms with Gasteiger partial charge in [0.15, 0.2) is 0 Å². The number of halogens is 2. The predicted octanol–water partition coefficient (Wildman–Crippen LogP) is 3.31. The van der Waals surface area contributed by atoms with E-state index in [2.05, 4.69) is 28.2 Å². The fourth-order valence-electron chi connectivity index (χ4n) is 1.49. The molecule has 0 bridgehead atoms. The van der Waals surface area contributed by atoms with Gasteiger partial charge in [0.1, 0.15) is 5.82 Å². The van der Waals surface area contributed by atoms with Crippen LogP contribution in [-0.2, 0) is 0 Å². The molecule has 2 rings (SSSR count). The van der Waals surface area contributed by atoms with Crippen LogP contribution in [0.1, 0.15) is 17.9 Å². The first-order valence-electron chi connectivity index (χ1n) is 4.49. The van der Waals surface area contributed by atoms with Crippen molar-refractivity contribution in [1.82, 2.24) is 5.32 Å². The van der Waals surface area contributed by atoms with Crippen molar-refractivity contribution in [1.29, 1.82) is 0 Å². The van der Waals surface area contributed by atoms with Crippen molar-refractivity contribution in [2.24, 2.45) is 0 Å². The van der Waals surface area contributed by atoms with Gasteiger partial charge < -0.3 is 0 Å². The lowest BCUT2D eigenvalue weighted by Gasteiger charge is -2.12. The highest BCUT2D eigenvalue weighted by molar-refractivity contribution is 9.10. The molecule has 4 heteroatoms. The van der Waals surface area contributed by atoms with E-state index in [0.717, 1.165) is 15.8 Å². The van der Waals surface area contributed by atoms with Gasteiger partial charge >= 0.3 is 0 Å². The minimum Gasteiger partial charge on any atom is -0.298 e. The highest BCUT2D eigenvalue weighted by atomic mass is 79.9. The molecular formula is C10H11BrFNS. The molecule has 0 spiro atoms. The summed E-state index contributed by atoms with van der Waals surface area (Å²) in [6, 6.07) is 5.69. The molecule has 1 heterocycles. The summed E-state index contributed by atoms with van der Waals surface area (Å²) in [5.41, 5.74) is 0.752. The molecule has 2 atom stereocenters. The lowest BCUT2D eigenvalue weighted by molar-refractivity contribution is 0.568.